The van der Waals surface area contributed by atoms with Crippen molar-refractivity contribution in [2.24, 2.45) is 0 Å². The predicted molar refractivity (Wildman–Crippen MR) is 74.2 cm³/mol. The molecule has 1 aromatic rings. The quantitative estimate of drug-likeness (QED) is 0.648. The minimum Gasteiger partial charge on any atom is -0.383 e. The van der Waals surface area contributed by atoms with Crippen LogP contribution < -0.4 is 10.6 Å². The van der Waals surface area contributed by atoms with Crippen LogP contribution in [0.2, 0.25) is 0 Å². The van der Waals surface area contributed by atoms with Crippen LogP contribution in [0.15, 0.2) is 12.1 Å². The van der Waals surface area contributed by atoms with Gasteiger partial charge in [-0.3, -0.25) is 10.1 Å². The third kappa shape index (κ3) is 3.11. The minimum absolute atomic E-state index is 0.00185. The molecule has 1 aliphatic rings. The van der Waals surface area contributed by atoms with Crippen molar-refractivity contribution in [2.75, 3.05) is 37.8 Å². The zero-order valence-electron chi connectivity index (χ0n) is 11.2. The molecule has 2 heterocycles. The van der Waals surface area contributed by atoms with Crippen LogP contribution >= 0.6 is 0 Å². The van der Waals surface area contributed by atoms with Gasteiger partial charge in [0.05, 0.1) is 17.1 Å². The highest BCUT2D eigenvalue weighted by Crippen LogP contribution is 2.28. The zero-order chi connectivity index (χ0) is 14.0. The van der Waals surface area contributed by atoms with Crippen LogP contribution in [-0.2, 0) is 0 Å². The monoisotopic (exact) mass is 265 g/mol. The van der Waals surface area contributed by atoms with E-state index < -0.39 is 4.92 Å². The Morgan fingerprint density at radius 2 is 2.32 bits per heavy atom. The van der Waals surface area contributed by atoms with Crippen molar-refractivity contribution in [3.8, 4) is 0 Å². The fourth-order valence-electron chi connectivity index (χ4n) is 2.52. The van der Waals surface area contributed by atoms with Crippen LogP contribution in [0.4, 0.5) is 17.3 Å². The molecule has 1 fully saturated rings. The number of nitro groups is 1. The number of hydrogen-bond acceptors (Lipinski definition) is 6. The van der Waals surface area contributed by atoms with Crippen molar-refractivity contribution in [1.29, 1.82) is 0 Å². The van der Waals surface area contributed by atoms with Crippen LogP contribution in [-0.4, -0.2) is 48.0 Å². The summed E-state index contributed by atoms with van der Waals surface area (Å²) in [6, 6.07) is 3.13. The van der Waals surface area contributed by atoms with Gasteiger partial charge in [0.15, 0.2) is 0 Å². The fourth-order valence-corrected chi connectivity index (χ4v) is 2.52. The summed E-state index contributed by atoms with van der Waals surface area (Å²) in [5.74, 6) is 0.802. The molecule has 1 aromatic heterocycles. The molecule has 7 heteroatoms. The number of likely N-dealkylation sites (N-methyl/N-ethyl adjacent to an activating group) is 1. The van der Waals surface area contributed by atoms with Crippen LogP contribution in [0.25, 0.3) is 0 Å². The van der Waals surface area contributed by atoms with Gasteiger partial charge < -0.3 is 15.5 Å². The maximum Gasteiger partial charge on any atom is 0.276 e. The van der Waals surface area contributed by atoms with Crippen LogP contribution in [0.1, 0.15) is 12.8 Å². The zero-order valence-corrected chi connectivity index (χ0v) is 11.2. The first-order valence-corrected chi connectivity index (χ1v) is 6.30. The van der Waals surface area contributed by atoms with Crippen molar-refractivity contribution < 1.29 is 4.92 Å². The topological polar surface area (TPSA) is 88.5 Å². The summed E-state index contributed by atoms with van der Waals surface area (Å²) in [5, 5.41) is 10.9. The molecule has 0 bridgehead atoms. The van der Waals surface area contributed by atoms with Crippen molar-refractivity contribution in [1.82, 2.24) is 9.88 Å². The summed E-state index contributed by atoms with van der Waals surface area (Å²) in [6.45, 7) is 1.77. The Kier molecular flexibility index (Phi) is 3.84. The van der Waals surface area contributed by atoms with Gasteiger partial charge in [0.25, 0.3) is 5.69 Å². The third-order valence-corrected chi connectivity index (χ3v) is 3.27. The number of anilines is 2. The summed E-state index contributed by atoms with van der Waals surface area (Å²) in [5.41, 5.74) is 5.66. The number of nitrogens with zero attached hydrogens (tertiary/aromatic N) is 4. The van der Waals surface area contributed by atoms with E-state index in [2.05, 4.69) is 14.8 Å². The van der Waals surface area contributed by atoms with Gasteiger partial charge in [-0.2, -0.15) is 0 Å². The van der Waals surface area contributed by atoms with E-state index in [1.165, 1.54) is 12.1 Å². The van der Waals surface area contributed by atoms with Crippen LogP contribution in [0, 0.1) is 10.1 Å². The van der Waals surface area contributed by atoms with Crippen molar-refractivity contribution in [2.45, 2.75) is 18.9 Å². The first kappa shape index (κ1) is 13.5. The number of aromatic nitrogens is 1. The lowest BCUT2D eigenvalue weighted by molar-refractivity contribution is -0.384. The van der Waals surface area contributed by atoms with Crippen LogP contribution in [0.5, 0.6) is 0 Å². The van der Waals surface area contributed by atoms with Crippen molar-refractivity contribution >= 4 is 17.3 Å². The smallest absolute Gasteiger partial charge is 0.276 e. The van der Waals surface area contributed by atoms with Crippen molar-refractivity contribution in [3.63, 3.8) is 0 Å². The summed E-state index contributed by atoms with van der Waals surface area (Å²) in [6.07, 6.45) is 2.14. The van der Waals surface area contributed by atoms with E-state index >= 15 is 0 Å². The number of nitrogens with two attached hydrogens (primary N) is 1. The number of rotatable bonds is 4. The second-order valence-electron chi connectivity index (χ2n) is 5.12. The number of hydrogen-bond donors (Lipinski definition) is 1. The molecule has 19 heavy (non-hydrogen) atoms. The SMILES string of the molecule is CN(C)CC1CCCN1c1cc([N+](=O)[O-])cc(N)n1. The molecule has 0 spiro atoms. The summed E-state index contributed by atoms with van der Waals surface area (Å²) in [4.78, 5) is 18.9. The Bertz CT molecular complexity index is 477. The molecule has 0 aliphatic carbocycles. The second kappa shape index (κ2) is 5.40. The maximum absolute atomic E-state index is 10.9. The van der Waals surface area contributed by atoms with Crippen LogP contribution in [0.3, 0.4) is 0 Å². The normalized spacial score (nSPS) is 19.1. The Labute approximate surface area is 112 Å². The van der Waals surface area contributed by atoms with Gasteiger partial charge in [-0.1, -0.05) is 0 Å². The van der Waals surface area contributed by atoms with Gasteiger partial charge in [0, 0.05) is 19.1 Å². The van der Waals surface area contributed by atoms with Gasteiger partial charge in [-0.05, 0) is 26.9 Å². The number of nitrogen functional groups attached to an aromatic ring is 1. The highest BCUT2D eigenvalue weighted by Gasteiger charge is 2.27. The highest BCUT2D eigenvalue weighted by molar-refractivity contribution is 5.55. The second-order valence-corrected chi connectivity index (χ2v) is 5.12. The average Bonchev–Trinajstić information content (AvgIpc) is 2.75. The van der Waals surface area contributed by atoms with E-state index in [1.807, 2.05) is 14.1 Å². The maximum atomic E-state index is 10.9. The molecular formula is C12H19N5O2. The average molecular weight is 265 g/mol. The Morgan fingerprint density at radius 3 is 2.95 bits per heavy atom. The Morgan fingerprint density at radius 1 is 1.58 bits per heavy atom. The minimum atomic E-state index is -0.432. The highest BCUT2D eigenvalue weighted by atomic mass is 16.6. The molecule has 1 atom stereocenters. The van der Waals surface area contributed by atoms with Gasteiger partial charge >= 0.3 is 0 Å². The molecule has 0 radical (unpaired) electrons. The van der Waals surface area contributed by atoms with Gasteiger partial charge in [-0.25, -0.2) is 4.98 Å². The van der Waals surface area contributed by atoms with E-state index in [4.69, 9.17) is 5.73 Å². The molecular weight excluding hydrogens is 246 g/mol. The summed E-state index contributed by atoms with van der Waals surface area (Å²) >= 11 is 0. The molecule has 2 N–H and O–H groups in total. The number of pyridine rings is 1. The lowest BCUT2D eigenvalue weighted by atomic mass is 10.2. The summed E-state index contributed by atoms with van der Waals surface area (Å²) < 4.78 is 0. The molecule has 1 saturated heterocycles. The van der Waals surface area contributed by atoms with E-state index in [9.17, 15) is 10.1 Å². The molecule has 1 unspecified atom stereocenters. The first-order chi connectivity index (χ1) is 8.97. The third-order valence-electron chi connectivity index (χ3n) is 3.27. The fraction of sp³-hybridized carbons (Fsp3) is 0.583. The van der Waals surface area contributed by atoms with E-state index in [1.54, 1.807) is 0 Å². The molecule has 0 aromatic carbocycles. The first-order valence-electron chi connectivity index (χ1n) is 6.30. The van der Waals surface area contributed by atoms with E-state index in [0.29, 0.717) is 11.9 Å². The van der Waals surface area contributed by atoms with Crippen molar-refractivity contribution in [3.05, 3.63) is 22.2 Å². The molecule has 7 nitrogen and oxygen atoms in total. The van der Waals surface area contributed by atoms with Gasteiger partial charge in [-0.15, -0.1) is 0 Å². The standard InChI is InChI=1S/C12H19N5O2/c1-15(2)8-9-4-3-5-16(9)12-7-10(17(18)19)6-11(13)14-12/h6-7,9H,3-5,8H2,1-2H3,(H2,13,14). The largest absolute Gasteiger partial charge is 0.383 e. The lowest BCUT2D eigenvalue weighted by Crippen LogP contribution is -2.38. The molecule has 1 aliphatic heterocycles. The van der Waals surface area contributed by atoms with Gasteiger partial charge in [0.1, 0.15) is 11.6 Å². The molecule has 104 valence electrons. The van der Waals surface area contributed by atoms with E-state index in [0.717, 1.165) is 25.9 Å². The molecule has 0 saturated carbocycles. The lowest BCUT2D eigenvalue weighted by Gasteiger charge is -2.28. The van der Waals surface area contributed by atoms with E-state index in [-0.39, 0.29) is 11.5 Å². The van der Waals surface area contributed by atoms with Gasteiger partial charge in [0.2, 0.25) is 0 Å². The summed E-state index contributed by atoms with van der Waals surface area (Å²) in [7, 11) is 4.04. The molecule has 0 amide bonds. The Balaban J connectivity index is 2.27. The Hall–Kier alpha value is -1.89. The predicted octanol–water partition coefficient (Wildman–Crippen LogP) is 1.10. The molecule has 2 rings (SSSR count).